The minimum atomic E-state index is -0.0722. The van der Waals surface area contributed by atoms with Crippen molar-refractivity contribution in [3.63, 3.8) is 0 Å². The highest BCUT2D eigenvalue weighted by molar-refractivity contribution is 5.76. The summed E-state index contributed by atoms with van der Waals surface area (Å²) in [7, 11) is 0. The first kappa shape index (κ1) is 18.0. The fourth-order valence-corrected chi connectivity index (χ4v) is 7.00. The number of ether oxygens (including phenoxy) is 4. The number of hydrogen-bond donors (Lipinski definition) is 1. The molecule has 6 nitrogen and oxygen atoms in total. The van der Waals surface area contributed by atoms with E-state index in [2.05, 4.69) is 25.2 Å². The molecule has 1 aromatic rings. The Labute approximate surface area is 171 Å². The highest BCUT2D eigenvalue weighted by Crippen LogP contribution is 2.70. The van der Waals surface area contributed by atoms with Crippen LogP contribution in [0.3, 0.4) is 0 Å². The fourth-order valence-electron chi connectivity index (χ4n) is 7.00. The van der Waals surface area contributed by atoms with Crippen molar-refractivity contribution >= 4 is 5.97 Å². The van der Waals surface area contributed by atoms with Crippen molar-refractivity contribution < 1.29 is 29.1 Å². The SMILES string of the molecule is C[C@@H]1CCC[C@]2(C)C[C@H]3OC(=O)[C@@H](C[NH2+]Cc4ccc5c(c4)OCO5)[C@H]3[C@@H]3O[C@@]132. The summed E-state index contributed by atoms with van der Waals surface area (Å²) in [4.78, 5) is 12.8. The number of esters is 1. The van der Waals surface area contributed by atoms with E-state index in [0.29, 0.717) is 12.7 Å². The van der Waals surface area contributed by atoms with E-state index < -0.39 is 0 Å². The number of benzene rings is 1. The van der Waals surface area contributed by atoms with Crippen LogP contribution in [0.1, 0.15) is 45.1 Å². The van der Waals surface area contributed by atoms with Gasteiger partial charge in [0, 0.05) is 16.9 Å². The fraction of sp³-hybridized carbons (Fsp3) is 0.696. The molecule has 1 spiro atoms. The molecule has 3 aliphatic heterocycles. The topological polar surface area (TPSA) is 73.9 Å². The molecule has 0 bridgehead atoms. The molecule has 3 heterocycles. The van der Waals surface area contributed by atoms with E-state index >= 15 is 0 Å². The lowest BCUT2D eigenvalue weighted by Gasteiger charge is -2.48. The lowest BCUT2D eigenvalue weighted by atomic mass is 9.53. The minimum absolute atomic E-state index is 0.0179. The van der Waals surface area contributed by atoms with Gasteiger partial charge in [-0.2, -0.15) is 0 Å². The third-order valence-electron chi connectivity index (χ3n) is 8.43. The van der Waals surface area contributed by atoms with Gasteiger partial charge in [0.1, 0.15) is 24.2 Å². The van der Waals surface area contributed by atoms with Crippen molar-refractivity contribution in [2.75, 3.05) is 13.3 Å². The Bertz CT molecular complexity index is 858. The largest absolute Gasteiger partial charge is 0.462 e. The second-order valence-electron chi connectivity index (χ2n) is 9.96. The van der Waals surface area contributed by atoms with Crippen molar-refractivity contribution in [3.8, 4) is 11.5 Å². The van der Waals surface area contributed by atoms with E-state index in [9.17, 15) is 4.79 Å². The third kappa shape index (κ3) is 2.45. The van der Waals surface area contributed by atoms with Crippen LogP contribution in [0, 0.1) is 23.2 Å². The monoisotopic (exact) mass is 400 g/mol. The van der Waals surface area contributed by atoms with Crippen LogP contribution in [0.2, 0.25) is 0 Å². The highest BCUT2D eigenvalue weighted by Gasteiger charge is 2.78. The molecule has 0 aromatic heterocycles. The number of quaternary nitrogens is 1. The van der Waals surface area contributed by atoms with Crippen LogP contribution in [-0.4, -0.2) is 37.1 Å². The molecular weight excluding hydrogens is 370 g/mol. The Morgan fingerprint density at radius 3 is 3.00 bits per heavy atom. The number of carbonyl (C=O) groups is 1. The van der Waals surface area contributed by atoms with Crippen LogP contribution < -0.4 is 14.8 Å². The summed E-state index contributed by atoms with van der Waals surface area (Å²) in [5.41, 5.74) is 1.31. The number of hydrogen-bond acceptors (Lipinski definition) is 5. The molecule has 0 amide bonds. The van der Waals surface area contributed by atoms with Gasteiger partial charge in [0.2, 0.25) is 6.79 Å². The maximum absolute atomic E-state index is 12.8. The molecule has 2 saturated heterocycles. The average molecular weight is 400 g/mol. The maximum Gasteiger partial charge on any atom is 0.315 e. The van der Waals surface area contributed by atoms with Crippen molar-refractivity contribution in [1.82, 2.24) is 0 Å². The van der Waals surface area contributed by atoms with Gasteiger partial charge in [0.05, 0.1) is 12.6 Å². The zero-order valence-electron chi connectivity index (χ0n) is 17.2. The number of epoxide rings is 1. The summed E-state index contributed by atoms with van der Waals surface area (Å²) in [6.45, 7) is 6.56. The van der Waals surface area contributed by atoms with Gasteiger partial charge in [-0.15, -0.1) is 0 Å². The van der Waals surface area contributed by atoms with Gasteiger partial charge in [-0.3, -0.25) is 4.79 Å². The summed E-state index contributed by atoms with van der Waals surface area (Å²) >= 11 is 0. The molecule has 29 heavy (non-hydrogen) atoms. The first-order chi connectivity index (χ1) is 14.0. The van der Waals surface area contributed by atoms with Crippen molar-refractivity contribution in [1.29, 1.82) is 0 Å². The number of fused-ring (bicyclic) bond motifs is 3. The first-order valence-electron chi connectivity index (χ1n) is 11.1. The van der Waals surface area contributed by atoms with Crippen LogP contribution in [-0.2, 0) is 20.8 Å². The lowest BCUT2D eigenvalue weighted by molar-refractivity contribution is -0.675. The maximum atomic E-state index is 12.8. The molecule has 5 aliphatic rings. The molecule has 2 saturated carbocycles. The highest BCUT2D eigenvalue weighted by atomic mass is 16.7. The van der Waals surface area contributed by atoms with E-state index in [0.717, 1.165) is 31.0 Å². The van der Waals surface area contributed by atoms with Crippen LogP contribution in [0.4, 0.5) is 0 Å². The number of rotatable bonds is 4. The molecule has 6 rings (SSSR count). The Kier molecular flexibility index (Phi) is 3.80. The van der Waals surface area contributed by atoms with E-state index in [1.165, 1.54) is 24.8 Å². The van der Waals surface area contributed by atoms with Crippen LogP contribution in [0.5, 0.6) is 11.5 Å². The predicted octanol–water partition coefficient (Wildman–Crippen LogP) is 2.00. The predicted molar refractivity (Wildman–Crippen MR) is 103 cm³/mol. The molecule has 0 unspecified atom stereocenters. The Morgan fingerprint density at radius 1 is 1.24 bits per heavy atom. The summed E-state index contributed by atoms with van der Waals surface area (Å²) in [6.07, 6.45) is 4.87. The van der Waals surface area contributed by atoms with E-state index in [4.69, 9.17) is 18.9 Å². The van der Waals surface area contributed by atoms with Crippen LogP contribution >= 0.6 is 0 Å². The van der Waals surface area contributed by atoms with Gasteiger partial charge in [0.15, 0.2) is 11.5 Å². The Balaban J connectivity index is 1.16. The van der Waals surface area contributed by atoms with Gasteiger partial charge in [-0.1, -0.05) is 20.3 Å². The minimum Gasteiger partial charge on any atom is -0.462 e. The first-order valence-corrected chi connectivity index (χ1v) is 11.1. The van der Waals surface area contributed by atoms with Crippen LogP contribution in [0.25, 0.3) is 0 Å². The smallest absolute Gasteiger partial charge is 0.315 e. The van der Waals surface area contributed by atoms with E-state index in [1.54, 1.807) is 0 Å². The Hall–Kier alpha value is -1.79. The summed E-state index contributed by atoms with van der Waals surface area (Å²) in [5.74, 6) is 2.30. The van der Waals surface area contributed by atoms with E-state index in [1.807, 2.05) is 12.1 Å². The normalized spacial score (nSPS) is 43.9. The zero-order valence-corrected chi connectivity index (χ0v) is 17.2. The molecule has 1 aromatic carbocycles. The molecule has 156 valence electrons. The third-order valence-corrected chi connectivity index (χ3v) is 8.43. The Morgan fingerprint density at radius 2 is 2.10 bits per heavy atom. The standard InChI is InChI=1S/C23H29NO5/c1-13-4-3-7-22(2)9-18-19(20-23(13,22)29-20)15(21(25)28-18)11-24-10-14-5-6-16-17(8-14)27-12-26-16/h5-6,8,13,15,18-20,24H,3-4,7,9-12H2,1-2H3/p+1/t13-,15+,18-,19-,20+,22-,23+/m1/s1. The summed E-state index contributed by atoms with van der Waals surface area (Å²) in [6, 6.07) is 6.05. The van der Waals surface area contributed by atoms with Crippen molar-refractivity contribution in [3.05, 3.63) is 23.8 Å². The van der Waals surface area contributed by atoms with Gasteiger partial charge in [0.25, 0.3) is 0 Å². The summed E-state index contributed by atoms with van der Waals surface area (Å²) < 4.78 is 23.3. The second-order valence-corrected chi connectivity index (χ2v) is 9.96. The quantitative estimate of drug-likeness (QED) is 0.618. The molecular formula is C23H30NO5+. The van der Waals surface area contributed by atoms with Gasteiger partial charge >= 0.3 is 5.97 Å². The van der Waals surface area contributed by atoms with Gasteiger partial charge < -0.3 is 24.3 Å². The average Bonchev–Trinajstić information content (AvgIpc) is 3.15. The molecule has 2 N–H and O–H groups in total. The summed E-state index contributed by atoms with van der Waals surface area (Å²) in [5, 5.41) is 2.22. The van der Waals surface area contributed by atoms with Crippen molar-refractivity contribution in [2.45, 2.75) is 63.9 Å². The van der Waals surface area contributed by atoms with E-state index in [-0.39, 0.29) is 41.0 Å². The molecule has 7 atom stereocenters. The lowest BCUT2D eigenvalue weighted by Crippen LogP contribution is -2.84. The zero-order chi connectivity index (χ0) is 19.8. The molecule has 4 fully saturated rings. The molecule has 0 radical (unpaired) electrons. The number of nitrogens with two attached hydrogens (primary N) is 1. The number of carbonyl (C=O) groups excluding carboxylic acids is 1. The van der Waals surface area contributed by atoms with Crippen molar-refractivity contribution in [2.24, 2.45) is 23.2 Å². The van der Waals surface area contributed by atoms with Gasteiger partial charge in [-0.05, 0) is 43.4 Å². The molecule has 6 heteroatoms. The molecule has 2 aliphatic carbocycles. The van der Waals surface area contributed by atoms with Crippen LogP contribution in [0.15, 0.2) is 18.2 Å². The second kappa shape index (κ2) is 6.11. The van der Waals surface area contributed by atoms with Gasteiger partial charge in [-0.25, -0.2) is 0 Å².